The van der Waals surface area contributed by atoms with Gasteiger partial charge in [0.2, 0.25) is 0 Å². The maximum absolute atomic E-state index is 13.7. The van der Waals surface area contributed by atoms with Crippen LogP contribution in [-0.4, -0.2) is 56.5 Å². The van der Waals surface area contributed by atoms with E-state index in [9.17, 15) is 14.3 Å². The number of carbonyl (C=O) groups excluding carboxylic acids is 1. The molecule has 2 aliphatic rings. The van der Waals surface area contributed by atoms with Crippen LogP contribution in [0.4, 0.5) is 15.8 Å². The van der Waals surface area contributed by atoms with E-state index in [-0.39, 0.29) is 25.1 Å². The molecule has 3 N–H and O–H groups in total. The van der Waals surface area contributed by atoms with Gasteiger partial charge in [-0.2, -0.15) is 0 Å². The largest absolute Gasteiger partial charge is 0.484 e. The minimum atomic E-state index is -0.571. The molecule has 0 spiro atoms. The summed E-state index contributed by atoms with van der Waals surface area (Å²) in [6.07, 6.45) is -0.361. The molecule has 0 aromatic heterocycles. The first-order chi connectivity index (χ1) is 13.6. The molecule has 7 nitrogen and oxygen atoms in total. The highest BCUT2D eigenvalue weighted by atomic mass is 35.5. The lowest BCUT2D eigenvalue weighted by Gasteiger charge is -2.39. The van der Waals surface area contributed by atoms with E-state index in [4.69, 9.17) is 15.2 Å². The highest BCUT2D eigenvalue weighted by Crippen LogP contribution is 2.41. The number of fused-ring (bicyclic) bond motifs is 1. The van der Waals surface area contributed by atoms with Crippen LogP contribution < -0.4 is 25.0 Å². The minimum absolute atomic E-state index is 0. The second-order valence-electron chi connectivity index (χ2n) is 6.84. The lowest BCUT2D eigenvalue weighted by Crippen LogP contribution is -2.47. The number of aliphatic hydroxyl groups is 1. The van der Waals surface area contributed by atoms with Gasteiger partial charge in [-0.1, -0.05) is 6.07 Å². The zero-order chi connectivity index (χ0) is 19.7. The Balaban J connectivity index is 0.00000240. The van der Waals surface area contributed by atoms with Crippen LogP contribution >= 0.6 is 12.4 Å². The number of halogens is 2. The summed E-state index contributed by atoms with van der Waals surface area (Å²) in [5, 5.41) is 9.27. The van der Waals surface area contributed by atoms with Gasteiger partial charge in [0.15, 0.2) is 17.6 Å². The van der Waals surface area contributed by atoms with Crippen LogP contribution in [0.5, 0.6) is 11.5 Å². The van der Waals surface area contributed by atoms with Crippen molar-refractivity contribution >= 4 is 29.7 Å². The summed E-state index contributed by atoms with van der Waals surface area (Å²) >= 11 is 0. The molecule has 2 heterocycles. The van der Waals surface area contributed by atoms with E-state index in [1.54, 1.807) is 0 Å². The molecule has 1 atom stereocenters. The van der Waals surface area contributed by atoms with Crippen molar-refractivity contribution in [2.75, 3.05) is 49.2 Å². The lowest BCUT2D eigenvalue weighted by molar-refractivity contribution is 0.0459. The monoisotopic (exact) mass is 423 g/mol. The number of para-hydroxylation sites is 1. The van der Waals surface area contributed by atoms with Gasteiger partial charge in [-0.25, -0.2) is 4.39 Å². The van der Waals surface area contributed by atoms with E-state index < -0.39 is 11.7 Å². The van der Waals surface area contributed by atoms with Crippen molar-refractivity contribution in [1.29, 1.82) is 0 Å². The molecule has 0 bridgehead atoms. The van der Waals surface area contributed by atoms with Gasteiger partial charge in [-0.05, 0) is 30.3 Å². The number of ether oxygens (including phenoxy) is 2. The van der Waals surface area contributed by atoms with Crippen molar-refractivity contribution < 1.29 is 23.8 Å². The van der Waals surface area contributed by atoms with E-state index in [1.807, 2.05) is 23.1 Å². The molecule has 29 heavy (non-hydrogen) atoms. The normalized spacial score (nSPS) is 18.2. The first kappa shape index (κ1) is 21.0. The maximum atomic E-state index is 13.7. The Morgan fingerprint density at radius 3 is 2.48 bits per heavy atom. The highest BCUT2D eigenvalue weighted by Gasteiger charge is 2.27. The molecule has 2 aliphatic heterocycles. The van der Waals surface area contributed by atoms with Crippen LogP contribution in [0.25, 0.3) is 0 Å². The van der Waals surface area contributed by atoms with Crippen LogP contribution in [0.2, 0.25) is 0 Å². The zero-order valence-corrected chi connectivity index (χ0v) is 16.5. The van der Waals surface area contributed by atoms with Gasteiger partial charge in [-0.15, -0.1) is 12.4 Å². The Morgan fingerprint density at radius 1 is 1.14 bits per heavy atom. The number of hydrogen-bond acceptors (Lipinski definition) is 6. The molecule has 0 radical (unpaired) electrons. The van der Waals surface area contributed by atoms with Gasteiger partial charge in [0.05, 0.1) is 23.5 Å². The van der Waals surface area contributed by atoms with Gasteiger partial charge in [0.1, 0.15) is 12.4 Å². The van der Waals surface area contributed by atoms with Crippen molar-refractivity contribution in [3.63, 3.8) is 0 Å². The molecule has 9 heteroatoms. The summed E-state index contributed by atoms with van der Waals surface area (Å²) in [6, 6.07) is 9.70. The predicted molar refractivity (Wildman–Crippen MR) is 110 cm³/mol. The van der Waals surface area contributed by atoms with Crippen molar-refractivity contribution in [2.45, 2.75) is 6.10 Å². The standard InChI is InChI=1S/C20H22FN3O4.ClH/c21-13-4-5-15(20(22)26)17(10-13)24-8-6-23(7-9-24)16-2-1-3-18-19(16)27-12-14(11-25)28-18;/h1-5,10,14,25H,6-9,11-12H2,(H2,22,26);1H. The number of anilines is 2. The quantitative estimate of drug-likeness (QED) is 0.779. The molecule has 2 aromatic rings. The molecule has 1 fully saturated rings. The Bertz CT molecular complexity index is 890. The second-order valence-corrected chi connectivity index (χ2v) is 6.84. The Hall–Kier alpha value is -2.71. The third-order valence-corrected chi connectivity index (χ3v) is 5.06. The number of benzene rings is 2. The van der Waals surface area contributed by atoms with Gasteiger partial charge in [0, 0.05) is 26.2 Å². The number of nitrogens with two attached hydrogens (primary N) is 1. The van der Waals surface area contributed by atoms with Crippen LogP contribution in [-0.2, 0) is 0 Å². The van der Waals surface area contributed by atoms with Gasteiger partial charge < -0.3 is 30.1 Å². The number of aliphatic hydroxyl groups excluding tert-OH is 1. The fourth-order valence-electron chi connectivity index (χ4n) is 3.63. The fraction of sp³-hybridized carbons (Fsp3) is 0.350. The third-order valence-electron chi connectivity index (χ3n) is 5.06. The van der Waals surface area contributed by atoms with Crippen molar-refractivity contribution in [3.8, 4) is 11.5 Å². The van der Waals surface area contributed by atoms with Crippen LogP contribution in [0.1, 0.15) is 10.4 Å². The van der Waals surface area contributed by atoms with Crippen LogP contribution in [0, 0.1) is 5.82 Å². The van der Waals surface area contributed by atoms with Crippen molar-refractivity contribution in [1.82, 2.24) is 0 Å². The SMILES string of the molecule is Cl.NC(=O)c1ccc(F)cc1N1CCN(c2cccc3c2OCC(CO)O3)CC1. The van der Waals surface area contributed by atoms with Crippen LogP contribution in [0.3, 0.4) is 0 Å². The fourth-order valence-corrected chi connectivity index (χ4v) is 3.63. The molecule has 1 amide bonds. The predicted octanol–water partition coefficient (Wildman–Crippen LogP) is 1.81. The summed E-state index contributed by atoms with van der Waals surface area (Å²) in [7, 11) is 0. The van der Waals surface area contributed by atoms with E-state index in [0.717, 1.165) is 5.69 Å². The molecular formula is C20H23ClFN3O4. The summed E-state index contributed by atoms with van der Waals surface area (Å²) in [5.74, 6) is 0.317. The first-order valence-electron chi connectivity index (χ1n) is 9.19. The molecular weight excluding hydrogens is 401 g/mol. The maximum Gasteiger partial charge on any atom is 0.250 e. The molecule has 156 valence electrons. The first-order valence-corrected chi connectivity index (χ1v) is 9.19. The smallest absolute Gasteiger partial charge is 0.250 e. The van der Waals surface area contributed by atoms with Gasteiger partial charge >= 0.3 is 0 Å². The zero-order valence-electron chi connectivity index (χ0n) is 15.7. The van der Waals surface area contributed by atoms with Crippen LogP contribution in [0.15, 0.2) is 36.4 Å². The number of amides is 1. The topological polar surface area (TPSA) is 88.3 Å². The number of rotatable bonds is 4. The Morgan fingerprint density at radius 2 is 1.83 bits per heavy atom. The minimum Gasteiger partial charge on any atom is -0.484 e. The summed E-state index contributed by atoms with van der Waals surface area (Å²) in [6.45, 7) is 2.74. The Labute approximate surface area is 174 Å². The molecule has 2 aromatic carbocycles. The van der Waals surface area contributed by atoms with E-state index in [0.29, 0.717) is 55.5 Å². The van der Waals surface area contributed by atoms with E-state index >= 15 is 0 Å². The van der Waals surface area contributed by atoms with Crippen molar-refractivity contribution in [2.24, 2.45) is 5.73 Å². The summed E-state index contributed by atoms with van der Waals surface area (Å²) < 4.78 is 25.3. The number of hydrogen-bond donors (Lipinski definition) is 2. The highest BCUT2D eigenvalue weighted by molar-refractivity contribution is 5.98. The second kappa shape index (κ2) is 8.75. The average molecular weight is 424 g/mol. The third kappa shape index (κ3) is 4.18. The molecule has 4 rings (SSSR count). The average Bonchev–Trinajstić information content (AvgIpc) is 2.72. The lowest BCUT2D eigenvalue weighted by atomic mass is 10.1. The number of nitrogens with zero attached hydrogens (tertiary/aromatic N) is 2. The van der Waals surface area contributed by atoms with E-state index in [1.165, 1.54) is 18.2 Å². The van der Waals surface area contributed by atoms with Crippen molar-refractivity contribution in [3.05, 3.63) is 47.8 Å². The molecule has 1 unspecified atom stereocenters. The van der Waals surface area contributed by atoms with Gasteiger partial charge in [0.25, 0.3) is 5.91 Å². The molecule has 0 aliphatic carbocycles. The van der Waals surface area contributed by atoms with Gasteiger partial charge in [-0.3, -0.25) is 4.79 Å². The summed E-state index contributed by atoms with van der Waals surface area (Å²) in [4.78, 5) is 15.8. The molecule has 1 saturated heterocycles. The number of primary amides is 1. The number of carbonyl (C=O) groups is 1. The molecule has 0 saturated carbocycles. The Kier molecular flexibility index (Phi) is 6.34. The van der Waals surface area contributed by atoms with E-state index in [2.05, 4.69) is 4.90 Å². The number of piperazine rings is 1. The summed E-state index contributed by atoms with van der Waals surface area (Å²) in [5.41, 5.74) is 7.20.